The van der Waals surface area contributed by atoms with Gasteiger partial charge < -0.3 is 4.90 Å². The second-order valence-corrected chi connectivity index (χ2v) is 10.6. The predicted octanol–water partition coefficient (Wildman–Crippen LogP) is 2.87. The van der Waals surface area contributed by atoms with Gasteiger partial charge in [-0.05, 0) is 43.9 Å². The molecule has 30 heavy (non-hydrogen) atoms. The van der Waals surface area contributed by atoms with Gasteiger partial charge in [0.1, 0.15) is 22.5 Å². The number of thiophene rings is 1. The van der Waals surface area contributed by atoms with Crippen LogP contribution in [0.3, 0.4) is 0 Å². The van der Waals surface area contributed by atoms with E-state index in [9.17, 15) is 13.7 Å². The zero-order valence-electron chi connectivity index (χ0n) is 16.6. The van der Waals surface area contributed by atoms with Crippen LogP contribution in [0.25, 0.3) is 10.2 Å². The average Bonchev–Trinajstić information content (AvgIpc) is 3.34. The van der Waals surface area contributed by atoms with Crippen LogP contribution >= 0.6 is 11.3 Å². The number of aryl methyl sites for hydroxylation is 3. The van der Waals surface area contributed by atoms with Crippen molar-refractivity contribution in [1.29, 1.82) is 5.26 Å². The van der Waals surface area contributed by atoms with E-state index in [4.69, 9.17) is 4.98 Å². The third-order valence-corrected chi connectivity index (χ3v) is 8.96. The molecule has 2 aromatic heterocycles. The summed E-state index contributed by atoms with van der Waals surface area (Å²) in [4.78, 5) is 14.1. The molecule has 1 fully saturated rings. The van der Waals surface area contributed by atoms with E-state index in [2.05, 4.69) is 9.88 Å². The number of hydrogen-bond acceptors (Lipinski definition) is 7. The summed E-state index contributed by atoms with van der Waals surface area (Å²) in [6, 6.07) is 8.37. The molecule has 0 N–H and O–H groups in total. The van der Waals surface area contributed by atoms with Gasteiger partial charge in [-0.3, -0.25) is 0 Å². The van der Waals surface area contributed by atoms with Crippen LogP contribution in [0.15, 0.2) is 29.2 Å². The predicted molar refractivity (Wildman–Crippen MR) is 116 cm³/mol. The van der Waals surface area contributed by atoms with Crippen LogP contribution in [0.5, 0.6) is 0 Å². The molecule has 7 nitrogen and oxygen atoms in total. The van der Waals surface area contributed by atoms with E-state index >= 15 is 0 Å². The normalized spacial score (nSPS) is 17.3. The van der Waals surface area contributed by atoms with E-state index in [1.165, 1.54) is 27.2 Å². The van der Waals surface area contributed by atoms with Crippen LogP contribution in [0.2, 0.25) is 0 Å². The monoisotopic (exact) mass is 439 g/mol. The van der Waals surface area contributed by atoms with Crippen LogP contribution in [0.1, 0.15) is 28.2 Å². The first-order valence-electron chi connectivity index (χ1n) is 10.0. The second kappa shape index (κ2) is 7.30. The topological polar surface area (TPSA) is 90.2 Å². The van der Waals surface area contributed by atoms with E-state index in [-0.39, 0.29) is 10.5 Å². The maximum atomic E-state index is 13.1. The molecule has 1 saturated heterocycles. The molecule has 0 saturated carbocycles. The molecular weight excluding hydrogens is 418 g/mol. The van der Waals surface area contributed by atoms with Crippen molar-refractivity contribution in [3.63, 3.8) is 0 Å². The number of nitrogens with zero attached hydrogens (tertiary/aromatic N) is 5. The van der Waals surface area contributed by atoms with Crippen molar-refractivity contribution in [3.05, 3.63) is 46.1 Å². The Balaban J connectivity index is 1.44. The fraction of sp³-hybridized carbons (Fsp3) is 0.381. The number of hydrogen-bond donors (Lipinski definition) is 0. The Kier molecular flexibility index (Phi) is 4.73. The Hall–Kier alpha value is -2.54. The molecule has 0 radical (unpaired) electrons. The fourth-order valence-electron chi connectivity index (χ4n) is 4.37. The van der Waals surface area contributed by atoms with Gasteiger partial charge in [0.25, 0.3) is 0 Å². The molecule has 154 valence electrons. The Morgan fingerprint density at radius 1 is 1.10 bits per heavy atom. The van der Waals surface area contributed by atoms with Crippen molar-refractivity contribution in [1.82, 2.24) is 14.3 Å². The molecule has 0 unspecified atom stereocenters. The highest BCUT2D eigenvalue weighted by atomic mass is 32.2. The minimum absolute atomic E-state index is 0.0804. The highest BCUT2D eigenvalue weighted by Crippen LogP contribution is 2.40. The standard InChI is InChI=1S/C21H21N5O2S2/c1-14-23-20(19-16-6-4-7-17(16)29-21(19)24-14)25-9-11-26(12-10-25)30(27,28)18-8-3-2-5-15(18)13-22/h2-3,5,8H,4,6-7,9-12H2,1H3. The van der Waals surface area contributed by atoms with Gasteiger partial charge >= 0.3 is 0 Å². The van der Waals surface area contributed by atoms with Gasteiger partial charge in [-0.1, -0.05) is 12.1 Å². The van der Waals surface area contributed by atoms with Gasteiger partial charge in [0, 0.05) is 31.1 Å². The first kappa shape index (κ1) is 19.4. The van der Waals surface area contributed by atoms with Gasteiger partial charge in [-0.15, -0.1) is 11.3 Å². The van der Waals surface area contributed by atoms with Crippen molar-refractivity contribution >= 4 is 37.4 Å². The second-order valence-electron chi connectivity index (χ2n) is 7.63. The summed E-state index contributed by atoms with van der Waals surface area (Å²) >= 11 is 1.77. The zero-order valence-corrected chi connectivity index (χ0v) is 18.3. The van der Waals surface area contributed by atoms with Crippen LogP contribution in [0, 0.1) is 18.3 Å². The molecular formula is C21H21N5O2S2. The number of nitriles is 1. The number of sulfonamides is 1. The minimum Gasteiger partial charge on any atom is -0.353 e. The van der Waals surface area contributed by atoms with E-state index in [0.717, 1.165) is 34.7 Å². The highest BCUT2D eigenvalue weighted by molar-refractivity contribution is 7.89. The molecule has 3 heterocycles. The van der Waals surface area contributed by atoms with Gasteiger partial charge in [0.2, 0.25) is 10.0 Å². The van der Waals surface area contributed by atoms with Gasteiger partial charge in [0.05, 0.1) is 15.8 Å². The smallest absolute Gasteiger partial charge is 0.244 e. The number of fused-ring (bicyclic) bond motifs is 3. The number of anilines is 1. The maximum absolute atomic E-state index is 13.1. The van der Waals surface area contributed by atoms with E-state index in [1.54, 1.807) is 29.5 Å². The molecule has 5 rings (SSSR count). The third kappa shape index (κ3) is 3.07. The van der Waals surface area contributed by atoms with E-state index < -0.39 is 10.0 Å². The summed E-state index contributed by atoms with van der Waals surface area (Å²) in [7, 11) is -3.71. The molecule has 1 aromatic carbocycles. The van der Waals surface area contributed by atoms with Crippen molar-refractivity contribution < 1.29 is 8.42 Å². The lowest BCUT2D eigenvalue weighted by atomic mass is 10.1. The lowest BCUT2D eigenvalue weighted by molar-refractivity contribution is 0.384. The maximum Gasteiger partial charge on any atom is 0.244 e. The lowest BCUT2D eigenvalue weighted by Crippen LogP contribution is -2.49. The van der Waals surface area contributed by atoms with Crippen molar-refractivity contribution in [2.75, 3.05) is 31.1 Å². The molecule has 9 heteroatoms. The van der Waals surface area contributed by atoms with Crippen LogP contribution in [0.4, 0.5) is 5.82 Å². The van der Waals surface area contributed by atoms with Crippen LogP contribution in [-0.2, 0) is 22.9 Å². The third-order valence-electron chi connectivity index (χ3n) is 5.82. The molecule has 1 aliphatic carbocycles. The number of benzene rings is 1. The van der Waals surface area contributed by atoms with Crippen molar-refractivity contribution in [2.45, 2.75) is 31.1 Å². The average molecular weight is 440 g/mol. The van der Waals surface area contributed by atoms with Gasteiger partial charge in [-0.2, -0.15) is 9.57 Å². The first-order valence-corrected chi connectivity index (χ1v) is 12.3. The lowest BCUT2D eigenvalue weighted by Gasteiger charge is -2.35. The summed E-state index contributed by atoms with van der Waals surface area (Å²) in [6.07, 6.45) is 3.35. The number of rotatable bonds is 3. The molecule has 2 aliphatic rings. The molecule has 1 aliphatic heterocycles. The number of aromatic nitrogens is 2. The van der Waals surface area contributed by atoms with Gasteiger partial charge in [0.15, 0.2) is 0 Å². The molecule has 0 spiro atoms. The molecule has 0 amide bonds. The van der Waals surface area contributed by atoms with Gasteiger partial charge in [-0.25, -0.2) is 18.4 Å². The SMILES string of the molecule is Cc1nc(N2CCN(S(=O)(=O)c3ccccc3C#N)CC2)c2c3c(sc2n1)CCC3. The van der Waals surface area contributed by atoms with Crippen molar-refractivity contribution in [2.24, 2.45) is 0 Å². The quantitative estimate of drug-likeness (QED) is 0.623. The van der Waals surface area contributed by atoms with E-state index in [0.29, 0.717) is 26.2 Å². The highest BCUT2D eigenvalue weighted by Gasteiger charge is 2.32. The fourth-order valence-corrected chi connectivity index (χ4v) is 7.24. The van der Waals surface area contributed by atoms with E-state index in [1.807, 2.05) is 13.0 Å². The first-order chi connectivity index (χ1) is 14.5. The Labute approximate surface area is 179 Å². The number of piperazine rings is 1. The summed E-state index contributed by atoms with van der Waals surface area (Å²) in [5, 5.41) is 10.5. The Morgan fingerprint density at radius 3 is 2.63 bits per heavy atom. The van der Waals surface area contributed by atoms with Crippen LogP contribution in [-0.4, -0.2) is 48.9 Å². The molecule has 0 bridgehead atoms. The Morgan fingerprint density at radius 2 is 1.87 bits per heavy atom. The minimum atomic E-state index is -3.71. The summed E-state index contributed by atoms with van der Waals surface area (Å²) < 4.78 is 27.7. The van der Waals surface area contributed by atoms with Crippen LogP contribution < -0.4 is 4.90 Å². The summed E-state index contributed by atoms with van der Waals surface area (Å²) in [5.74, 6) is 1.68. The zero-order chi connectivity index (χ0) is 20.9. The Bertz CT molecular complexity index is 1280. The largest absolute Gasteiger partial charge is 0.353 e. The summed E-state index contributed by atoms with van der Waals surface area (Å²) in [6.45, 7) is 3.75. The molecule has 3 aromatic rings. The van der Waals surface area contributed by atoms with Crippen molar-refractivity contribution in [3.8, 4) is 6.07 Å². The molecule has 0 atom stereocenters. The summed E-state index contributed by atoms with van der Waals surface area (Å²) in [5.41, 5.74) is 1.56.